The topological polar surface area (TPSA) is 104 Å². The van der Waals surface area contributed by atoms with Crippen molar-refractivity contribution in [2.45, 2.75) is 26.5 Å². The van der Waals surface area contributed by atoms with E-state index in [1.165, 1.54) is 26.4 Å². The van der Waals surface area contributed by atoms with Crippen molar-refractivity contribution < 1.29 is 33.0 Å². The van der Waals surface area contributed by atoms with Crippen molar-refractivity contribution in [3.05, 3.63) is 53.5 Å². The molecule has 2 rings (SSSR count). The van der Waals surface area contributed by atoms with Gasteiger partial charge in [-0.2, -0.15) is 0 Å². The molecule has 28 heavy (non-hydrogen) atoms. The van der Waals surface area contributed by atoms with Crippen LogP contribution < -0.4 is 10.1 Å². The second kappa shape index (κ2) is 9.59. The van der Waals surface area contributed by atoms with Crippen molar-refractivity contribution in [2.75, 3.05) is 14.2 Å². The van der Waals surface area contributed by atoms with Gasteiger partial charge in [0.2, 0.25) is 5.76 Å². The van der Waals surface area contributed by atoms with Crippen LogP contribution in [-0.4, -0.2) is 38.1 Å². The summed E-state index contributed by atoms with van der Waals surface area (Å²) in [6.07, 6.45) is 0. The number of amides is 1. The van der Waals surface area contributed by atoms with Gasteiger partial charge in [0.05, 0.1) is 14.2 Å². The molecule has 1 atom stereocenters. The molecule has 8 heteroatoms. The molecule has 0 bridgehead atoms. The third-order valence-corrected chi connectivity index (χ3v) is 3.96. The van der Waals surface area contributed by atoms with E-state index in [4.69, 9.17) is 13.9 Å². The fraction of sp³-hybridized carbons (Fsp3) is 0.350. The summed E-state index contributed by atoms with van der Waals surface area (Å²) in [6, 6.07) is 8.63. The number of rotatable bonds is 8. The SMILES string of the molecule is COC(=O)c1ccc(COC(=O)[C@@H](NC(=O)c2ccc(OC)cc2)C(C)C)o1. The molecule has 0 aliphatic carbocycles. The fourth-order valence-corrected chi connectivity index (χ4v) is 2.36. The third-order valence-electron chi connectivity index (χ3n) is 3.96. The molecule has 0 unspecified atom stereocenters. The number of hydrogen-bond donors (Lipinski definition) is 1. The molecule has 1 aromatic carbocycles. The lowest BCUT2D eigenvalue weighted by molar-refractivity contribution is -0.149. The van der Waals surface area contributed by atoms with Gasteiger partial charge < -0.3 is 23.9 Å². The molecule has 0 aliphatic rings. The van der Waals surface area contributed by atoms with E-state index in [9.17, 15) is 14.4 Å². The lowest BCUT2D eigenvalue weighted by atomic mass is 10.0. The van der Waals surface area contributed by atoms with E-state index in [2.05, 4.69) is 10.1 Å². The average molecular weight is 389 g/mol. The van der Waals surface area contributed by atoms with E-state index >= 15 is 0 Å². The lowest BCUT2D eigenvalue weighted by Gasteiger charge is -2.20. The Kier molecular flexibility index (Phi) is 7.20. The lowest BCUT2D eigenvalue weighted by Crippen LogP contribution is -2.45. The van der Waals surface area contributed by atoms with Crippen LogP contribution in [0.1, 0.15) is 40.5 Å². The summed E-state index contributed by atoms with van der Waals surface area (Å²) in [6.45, 7) is 3.42. The van der Waals surface area contributed by atoms with E-state index in [-0.39, 0.29) is 24.0 Å². The molecule has 0 fully saturated rings. The number of carbonyl (C=O) groups is 3. The van der Waals surface area contributed by atoms with Crippen LogP contribution >= 0.6 is 0 Å². The number of furan rings is 1. The number of nitrogens with one attached hydrogen (secondary N) is 1. The van der Waals surface area contributed by atoms with Crippen LogP contribution in [0.2, 0.25) is 0 Å². The molecule has 150 valence electrons. The maximum absolute atomic E-state index is 12.4. The standard InChI is InChI=1S/C20H23NO7/c1-12(2)17(21-18(22)13-5-7-14(25-3)8-6-13)20(24)27-11-15-9-10-16(28-15)19(23)26-4/h5-10,12,17H,11H2,1-4H3,(H,21,22)/t17-/m0/s1. The van der Waals surface area contributed by atoms with Crippen LogP contribution in [-0.2, 0) is 20.9 Å². The Hall–Kier alpha value is -3.29. The first kappa shape index (κ1) is 21.0. The highest BCUT2D eigenvalue weighted by Crippen LogP contribution is 2.14. The maximum Gasteiger partial charge on any atom is 0.373 e. The molecule has 8 nitrogen and oxygen atoms in total. The summed E-state index contributed by atoms with van der Waals surface area (Å²) in [5.41, 5.74) is 0.396. The zero-order valence-electron chi connectivity index (χ0n) is 16.2. The van der Waals surface area contributed by atoms with Gasteiger partial charge in [-0.3, -0.25) is 4.79 Å². The first-order valence-corrected chi connectivity index (χ1v) is 8.64. The summed E-state index contributed by atoms with van der Waals surface area (Å²) >= 11 is 0. The van der Waals surface area contributed by atoms with Crippen molar-refractivity contribution in [1.29, 1.82) is 0 Å². The van der Waals surface area contributed by atoms with Gasteiger partial charge in [0.1, 0.15) is 24.2 Å². The van der Waals surface area contributed by atoms with Crippen LogP contribution in [0.3, 0.4) is 0 Å². The van der Waals surface area contributed by atoms with E-state index in [0.717, 1.165) is 0 Å². The van der Waals surface area contributed by atoms with Crippen molar-refractivity contribution in [2.24, 2.45) is 5.92 Å². The Morgan fingerprint density at radius 1 is 1.04 bits per heavy atom. The first-order valence-electron chi connectivity index (χ1n) is 8.64. The Balaban J connectivity index is 1.98. The second-order valence-electron chi connectivity index (χ2n) is 6.29. The molecule has 0 saturated carbocycles. The minimum Gasteiger partial charge on any atom is -0.497 e. The smallest absolute Gasteiger partial charge is 0.373 e. The molecule has 0 spiro atoms. The van der Waals surface area contributed by atoms with Gasteiger partial charge >= 0.3 is 11.9 Å². The zero-order chi connectivity index (χ0) is 20.7. The largest absolute Gasteiger partial charge is 0.497 e. The Morgan fingerprint density at radius 2 is 1.71 bits per heavy atom. The summed E-state index contributed by atoms with van der Waals surface area (Å²) in [4.78, 5) is 36.2. The van der Waals surface area contributed by atoms with E-state index < -0.39 is 23.9 Å². The van der Waals surface area contributed by atoms with E-state index in [1.807, 2.05) is 0 Å². The highest BCUT2D eigenvalue weighted by atomic mass is 16.6. The maximum atomic E-state index is 12.4. The van der Waals surface area contributed by atoms with Gasteiger partial charge in [-0.05, 0) is 42.3 Å². The molecule has 1 aromatic heterocycles. The number of ether oxygens (including phenoxy) is 3. The Labute approximate surface area is 162 Å². The predicted octanol–water partition coefficient (Wildman–Crippen LogP) is 2.57. The summed E-state index contributed by atoms with van der Waals surface area (Å²) in [5.74, 6) is -0.890. The minimum atomic E-state index is -0.843. The van der Waals surface area contributed by atoms with Crippen LogP contribution in [0.4, 0.5) is 0 Å². The van der Waals surface area contributed by atoms with Crippen molar-refractivity contribution >= 4 is 17.8 Å². The van der Waals surface area contributed by atoms with Crippen molar-refractivity contribution in [3.8, 4) is 5.75 Å². The molecule has 1 amide bonds. The summed E-state index contributed by atoms with van der Waals surface area (Å²) in [5, 5.41) is 2.68. The normalized spacial score (nSPS) is 11.6. The quantitative estimate of drug-likeness (QED) is 0.692. The number of esters is 2. The fourth-order valence-electron chi connectivity index (χ4n) is 2.36. The highest BCUT2D eigenvalue weighted by Gasteiger charge is 2.26. The molecular weight excluding hydrogens is 366 g/mol. The summed E-state index contributed by atoms with van der Waals surface area (Å²) in [7, 11) is 2.77. The number of hydrogen-bond acceptors (Lipinski definition) is 7. The van der Waals surface area contributed by atoms with Crippen molar-refractivity contribution in [3.63, 3.8) is 0 Å². The molecule has 1 heterocycles. The van der Waals surface area contributed by atoms with Crippen molar-refractivity contribution in [1.82, 2.24) is 5.32 Å². The minimum absolute atomic E-state index is 0.0155. The van der Waals surface area contributed by atoms with Gasteiger partial charge in [-0.1, -0.05) is 13.8 Å². The van der Waals surface area contributed by atoms with Crippen LogP contribution in [0.15, 0.2) is 40.8 Å². The van der Waals surface area contributed by atoms with E-state index in [0.29, 0.717) is 11.3 Å². The Morgan fingerprint density at radius 3 is 2.29 bits per heavy atom. The van der Waals surface area contributed by atoms with Gasteiger partial charge in [0.15, 0.2) is 0 Å². The van der Waals surface area contributed by atoms with Gasteiger partial charge in [0, 0.05) is 5.56 Å². The first-order chi connectivity index (χ1) is 13.3. The van der Waals surface area contributed by atoms with Gasteiger partial charge in [-0.15, -0.1) is 0 Å². The van der Waals surface area contributed by atoms with Gasteiger partial charge in [0.25, 0.3) is 5.91 Å². The Bertz CT molecular complexity index is 823. The van der Waals surface area contributed by atoms with Crippen LogP contribution in [0.5, 0.6) is 5.75 Å². The third kappa shape index (κ3) is 5.35. The molecule has 0 saturated heterocycles. The number of carbonyl (C=O) groups excluding carboxylic acids is 3. The average Bonchev–Trinajstić information content (AvgIpc) is 3.18. The number of benzene rings is 1. The molecule has 2 aromatic rings. The predicted molar refractivity (Wildman–Crippen MR) is 98.9 cm³/mol. The molecular formula is C20H23NO7. The van der Waals surface area contributed by atoms with Gasteiger partial charge in [-0.25, -0.2) is 9.59 Å². The number of methoxy groups -OCH3 is 2. The molecule has 1 N–H and O–H groups in total. The van der Waals surface area contributed by atoms with Crippen LogP contribution in [0, 0.1) is 5.92 Å². The van der Waals surface area contributed by atoms with E-state index in [1.54, 1.807) is 38.1 Å². The monoisotopic (exact) mass is 389 g/mol. The highest BCUT2D eigenvalue weighted by molar-refractivity contribution is 5.97. The second-order valence-corrected chi connectivity index (χ2v) is 6.29. The molecule has 0 aliphatic heterocycles. The van der Waals surface area contributed by atoms with Crippen LogP contribution in [0.25, 0.3) is 0 Å². The summed E-state index contributed by atoms with van der Waals surface area (Å²) < 4.78 is 20.1. The zero-order valence-corrected chi connectivity index (χ0v) is 16.2. The molecule has 0 radical (unpaired) electrons.